The Hall–Kier alpha value is -3.55. The molecule has 3 aromatic carbocycles. The second kappa shape index (κ2) is 9.97. The summed E-state index contributed by atoms with van der Waals surface area (Å²) in [5.41, 5.74) is 5.51. The second-order valence-electron chi connectivity index (χ2n) is 7.38. The molecule has 0 aliphatic rings. The lowest BCUT2D eigenvalue weighted by molar-refractivity contribution is -0.112. The van der Waals surface area contributed by atoms with E-state index in [1.807, 2.05) is 69.3 Å². The summed E-state index contributed by atoms with van der Waals surface area (Å²) < 4.78 is 5.96. The van der Waals surface area contributed by atoms with E-state index in [0.29, 0.717) is 28.6 Å². The van der Waals surface area contributed by atoms with E-state index in [4.69, 9.17) is 16.3 Å². The smallest absolute Gasteiger partial charge is 0.266 e. The summed E-state index contributed by atoms with van der Waals surface area (Å²) in [5.74, 6) is 0.0491. The standard InChI is InChI=1S/C26H23ClN2O2/c1-17-5-4-6-20(11-17)16-31-25-10-8-23(27)14-21(25)13-22(15-28)26(30)29-24-9-7-18(2)19(3)12-24/h4-14H,16H2,1-3H3,(H,29,30)/b22-13+. The summed E-state index contributed by atoms with van der Waals surface area (Å²) in [6, 6.07) is 20.7. The first-order valence-electron chi connectivity index (χ1n) is 9.84. The molecule has 5 heteroatoms. The molecule has 3 rings (SSSR count). The van der Waals surface area contributed by atoms with Gasteiger partial charge in [-0.25, -0.2) is 0 Å². The number of rotatable bonds is 6. The first-order chi connectivity index (χ1) is 14.9. The van der Waals surface area contributed by atoms with Crippen LogP contribution in [0.15, 0.2) is 66.2 Å². The van der Waals surface area contributed by atoms with Crippen molar-refractivity contribution in [3.05, 3.63) is 99.1 Å². The van der Waals surface area contributed by atoms with Gasteiger partial charge >= 0.3 is 0 Å². The molecule has 0 aliphatic heterocycles. The van der Waals surface area contributed by atoms with Crippen LogP contribution in [0.25, 0.3) is 6.08 Å². The molecule has 0 aromatic heterocycles. The fraction of sp³-hybridized carbons (Fsp3) is 0.154. The molecule has 0 saturated heterocycles. The molecule has 0 fully saturated rings. The lowest BCUT2D eigenvalue weighted by atomic mass is 10.1. The van der Waals surface area contributed by atoms with Crippen LogP contribution in [-0.4, -0.2) is 5.91 Å². The van der Waals surface area contributed by atoms with Crippen molar-refractivity contribution < 1.29 is 9.53 Å². The van der Waals surface area contributed by atoms with Crippen LogP contribution in [-0.2, 0) is 11.4 Å². The fourth-order valence-electron chi connectivity index (χ4n) is 3.05. The van der Waals surface area contributed by atoms with Crippen molar-refractivity contribution in [1.82, 2.24) is 0 Å². The molecule has 4 nitrogen and oxygen atoms in total. The van der Waals surface area contributed by atoms with Crippen molar-refractivity contribution >= 4 is 29.3 Å². The van der Waals surface area contributed by atoms with Crippen LogP contribution in [0.1, 0.15) is 27.8 Å². The van der Waals surface area contributed by atoms with Crippen molar-refractivity contribution in [3.8, 4) is 11.8 Å². The maximum Gasteiger partial charge on any atom is 0.266 e. The van der Waals surface area contributed by atoms with Crippen molar-refractivity contribution in [2.45, 2.75) is 27.4 Å². The van der Waals surface area contributed by atoms with Crippen molar-refractivity contribution in [2.75, 3.05) is 5.32 Å². The first-order valence-corrected chi connectivity index (χ1v) is 10.2. The quantitative estimate of drug-likeness (QED) is 0.364. The van der Waals surface area contributed by atoms with E-state index in [2.05, 4.69) is 5.32 Å². The average molecular weight is 431 g/mol. The number of carbonyl (C=O) groups excluding carboxylic acids is 1. The number of halogens is 1. The van der Waals surface area contributed by atoms with Crippen molar-refractivity contribution in [2.24, 2.45) is 0 Å². The highest BCUT2D eigenvalue weighted by Gasteiger charge is 2.12. The Bertz CT molecular complexity index is 1190. The van der Waals surface area contributed by atoms with Gasteiger partial charge in [-0.3, -0.25) is 4.79 Å². The van der Waals surface area contributed by atoms with Crippen molar-refractivity contribution in [3.63, 3.8) is 0 Å². The Morgan fingerprint density at radius 2 is 1.87 bits per heavy atom. The molecule has 0 radical (unpaired) electrons. The Morgan fingerprint density at radius 1 is 1.06 bits per heavy atom. The first kappa shape index (κ1) is 22.1. The fourth-order valence-corrected chi connectivity index (χ4v) is 3.23. The topological polar surface area (TPSA) is 62.1 Å². The molecule has 0 spiro atoms. The molecule has 1 N–H and O–H groups in total. The maximum atomic E-state index is 12.7. The third-order valence-corrected chi connectivity index (χ3v) is 5.11. The van der Waals surface area contributed by atoms with Crippen LogP contribution in [0, 0.1) is 32.1 Å². The summed E-state index contributed by atoms with van der Waals surface area (Å²) in [5, 5.41) is 12.8. The van der Waals surface area contributed by atoms with Gasteiger partial charge in [-0.15, -0.1) is 0 Å². The highest BCUT2D eigenvalue weighted by Crippen LogP contribution is 2.27. The number of amides is 1. The monoisotopic (exact) mass is 430 g/mol. The molecule has 0 atom stereocenters. The van der Waals surface area contributed by atoms with E-state index in [1.165, 1.54) is 6.08 Å². The number of benzene rings is 3. The molecule has 3 aromatic rings. The van der Waals surface area contributed by atoms with Gasteiger partial charge in [0, 0.05) is 16.3 Å². The molecule has 1 amide bonds. The minimum absolute atomic E-state index is 0.0408. The zero-order valence-corrected chi connectivity index (χ0v) is 18.5. The van der Waals surface area contributed by atoms with Crippen LogP contribution >= 0.6 is 11.6 Å². The van der Waals surface area contributed by atoms with E-state index in [0.717, 1.165) is 22.3 Å². The Balaban J connectivity index is 1.83. The molecule has 0 saturated carbocycles. The largest absolute Gasteiger partial charge is 0.488 e. The van der Waals surface area contributed by atoms with E-state index < -0.39 is 5.91 Å². The number of aryl methyl sites for hydroxylation is 3. The number of hydrogen-bond acceptors (Lipinski definition) is 3. The lowest BCUT2D eigenvalue weighted by Gasteiger charge is -2.11. The number of anilines is 1. The highest BCUT2D eigenvalue weighted by atomic mass is 35.5. The van der Waals surface area contributed by atoms with Crippen LogP contribution in [0.2, 0.25) is 5.02 Å². The highest BCUT2D eigenvalue weighted by molar-refractivity contribution is 6.30. The third kappa shape index (κ3) is 5.97. The minimum Gasteiger partial charge on any atom is -0.488 e. The zero-order chi connectivity index (χ0) is 22.4. The van der Waals surface area contributed by atoms with Crippen LogP contribution < -0.4 is 10.1 Å². The third-order valence-electron chi connectivity index (χ3n) is 4.88. The number of ether oxygens (including phenoxy) is 1. The molecule has 0 heterocycles. The molecule has 0 aliphatic carbocycles. The predicted molar refractivity (Wildman–Crippen MR) is 125 cm³/mol. The second-order valence-corrected chi connectivity index (χ2v) is 7.82. The van der Waals surface area contributed by atoms with Gasteiger partial charge < -0.3 is 10.1 Å². The Kier molecular flexibility index (Phi) is 7.12. The van der Waals surface area contributed by atoms with Gasteiger partial charge in [0.1, 0.15) is 24.0 Å². The van der Waals surface area contributed by atoms with Gasteiger partial charge in [-0.1, -0.05) is 47.5 Å². The molecule has 0 bridgehead atoms. The van der Waals surface area contributed by atoms with Gasteiger partial charge in [0.05, 0.1) is 0 Å². The predicted octanol–water partition coefficient (Wildman–Crippen LogP) is 6.39. The number of carbonyl (C=O) groups is 1. The van der Waals surface area contributed by atoms with E-state index in [-0.39, 0.29) is 5.57 Å². The Labute approximate surface area is 187 Å². The van der Waals surface area contributed by atoms with Gasteiger partial charge in [-0.05, 0) is 73.9 Å². The van der Waals surface area contributed by atoms with Crippen LogP contribution in [0.5, 0.6) is 5.75 Å². The summed E-state index contributed by atoms with van der Waals surface area (Å²) in [4.78, 5) is 12.7. The average Bonchev–Trinajstić information content (AvgIpc) is 2.74. The van der Waals surface area contributed by atoms with Gasteiger partial charge in [0.15, 0.2) is 0 Å². The van der Waals surface area contributed by atoms with E-state index >= 15 is 0 Å². The van der Waals surface area contributed by atoms with E-state index in [9.17, 15) is 10.1 Å². The summed E-state index contributed by atoms with van der Waals surface area (Å²) in [7, 11) is 0. The molecule has 31 heavy (non-hydrogen) atoms. The van der Waals surface area contributed by atoms with Gasteiger partial charge in [-0.2, -0.15) is 5.26 Å². The maximum absolute atomic E-state index is 12.7. The molecular formula is C26H23ClN2O2. The number of nitrogens with zero attached hydrogens (tertiary/aromatic N) is 1. The summed E-state index contributed by atoms with van der Waals surface area (Å²) in [6.07, 6.45) is 1.49. The van der Waals surface area contributed by atoms with Crippen LogP contribution in [0.4, 0.5) is 5.69 Å². The molecule has 156 valence electrons. The van der Waals surface area contributed by atoms with Crippen molar-refractivity contribution in [1.29, 1.82) is 5.26 Å². The van der Waals surface area contributed by atoms with E-state index in [1.54, 1.807) is 18.2 Å². The molecule has 0 unspecified atom stereocenters. The zero-order valence-electron chi connectivity index (χ0n) is 17.7. The SMILES string of the molecule is Cc1cccc(COc2ccc(Cl)cc2/C=C(\C#N)C(=O)Nc2ccc(C)c(C)c2)c1. The number of nitriles is 1. The summed E-state index contributed by atoms with van der Waals surface area (Å²) >= 11 is 6.15. The molecular weight excluding hydrogens is 408 g/mol. The Morgan fingerprint density at radius 3 is 2.58 bits per heavy atom. The number of hydrogen-bond donors (Lipinski definition) is 1. The number of nitrogens with one attached hydrogen (secondary N) is 1. The normalized spacial score (nSPS) is 11.0. The summed E-state index contributed by atoms with van der Waals surface area (Å²) in [6.45, 7) is 6.35. The van der Waals surface area contributed by atoms with Gasteiger partial charge in [0.2, 0.25) is 0 Å². The van der Waals surface area contributed by atoms with Gasteiger partial charge in [0.25, 0.3) is 5.91 Å². The van der Waals surface area contributed by atoms with Crippen LogP contribution in [0.3, 0.4) is 0 Å². The minimum atomic E-state index is -0.490. The lowest BCUT2D eigenvalue weighted by Crippen LogP contribution is -2.13.